The Balaban J connectivity index is 1.84. The highest BCUT2D eigenvalue weighted by Crippen LogP contribution is 2.38. The van der Waals surface area contributed by atoms with Gasteiger partial charge in [-0.05, 0) is 56.2 Å². The lowest BCUT2D eigenvalue weighted by molar-refractivity contribution is 0.469. The van der Waals surface area contributed by atoms with Crippen LogP contribution in [-0.4, -0.2) is 12.6 Å². The summed E-state index contributed by atoms with van der Waals surface area (Å²) >= 11 is 24.4. The summed E-state index contributed by atoms with van der Waals surface area (Å²) in [5.74, 6) is 0.628. The fourth-order valence-corrected chi connectivity index (χ4v) is 3.31. The van der Waals surface area contributed by atoms with Gasteiger partial charge in [0.15, 0.2) is 0 Å². The van der Waals surface area contributed by atoms with Crippen LogP contribution in [0, 0.1) is 5.92 Å². The van der Waals surface area contributed by atoms with Crippen molar-refractivity contribution in [2.45, 2.75) is 45.1 Å². The summed E-state index contributed by atoms with van der Waals surface area (Å²) in [7, 11) is 0. The molecule has 0 bridgehead atoms. The van der Waals surface area contributed by atoms with E-state index in [1.54, 1.807) is 6.07 Å². The van der Waals surface area contributed by atoms with E-state index in [0.29, 0.717) is 26.0 Å². The van der Waals surface area contributed by atoms with E-state index in [2.05, 4.69) is 12.2 Å². The van der Waals surface area contributed by atoms with Crippen molar-refractivity contribution in [2.75, 3.05) is 6.54 Å². The van der Waals surface area contributed by atoms with Crippen LogP contribution in [0.5, 0.6) is 0 Å². The van der Waals surface area contributed by atoms with E-state index in [9.17, 15) is 0 Å². The van der Waals surface area contributed by atoms with E-state index in [-0.39, 0.29) is 0 Å². The van der Waals surface area contributed by atoms with Gasteiger partial charge in [-0.15, -0.1) is 0 Å². The fraction of sp³-hybridized carbons (Fsp3) is 0.600. The number of nitrogens with one attached hydrogen (secondary N) is 1. The molecule has 112 valence electrons. The molecule has 1 nitrogen and oxygen atoms in total. The Kier molecular flexibility index (Phi) is 6.31. The van der Waals surface area contributed by atoms with Crippen LogP contribution in [0.2, 0.25) is 20.1 Å². The summed E-state index contributed by atoms with van der Waals surface area (Å²) in [5, 5.41) is 5.44. The first-order valence-corrected chi connectivity index (χ1v) is 8.55. The summed E-state index contributed by atoms with van der Waals surface area (Å²) in [5.41, 5.74) is 0.907. The van der Waals surface area contributed by atoms with Crippen molar-refractivity contribution in [1.82, 2.24) is 5.32 Å². The van der Waals surface area contributed by atoms with Crippen LogP contribution in [-0.2, 0) is 6.42 Å². The monoisotopic (exact) mass is 353 g/mol. The molecule has 20 heavy (non-hydrogen) atoms. The highest BCUT2D eigenvalue weighted by molar-refractivity contribution is 6.49. The van der Waals surface area contributed by atoms with Crippen molar-refractivity contribution >= 4 is 46.4 Å². The van der Waals surface area contributed by atoms with Crippen molar-refractivity contribution in [3.05, 3.63) is 31.7 Å². The van der Waals surface area contributed by atoms with Crippen LogP contribution in [0.4, 0.5) is 0 Å². The summed E-state index contributed by atoms with van der Waals surface area (Å²) in [4.78, 5) is 0. The minimum atomic E-state index is 0.399. The van der Waals surface area contributed by atoms with Crippen molar-refractivity contribution in [1.29, 1.82) is 0 Å². The zero-order chi connectivity index (χ0) is 14.7. The van der Waals surface area contributed by atoms with Gasteiger partial charge < -0.3 is 5.32 Å². The predicted molar refractivity (Wildman–Crippen MR) is 89.6 cm³/mol. The summed E-state index contributed by atoms with van der Waals surface area (Å²) in [6, 6.07) is 2.45. The zero-order valence-electron chi connectivity index (χ0n) is 11.5. The van der Waals surface area contributed by atoms with Crippen molar-refractivity contribution in [2.24, 2.45) is 5.92 Å². The maximum absolute atomic E-state index is 6.23. The molecule has 1 aromatic rings. The maximum Gasteiger partial charge on any atom is 0.0782 e. The Bertz CT molecular complexity index is 471. The fourth-order valence-electron chi connectivity index (χ4n) is 2.19. The summed E-state index contributed by atoms with van der Waals surface area (Å²) in [6.07, 6.45) is 5.72. The maximum atomic E-state index is 6.23. The number of benzene rings is 1. The molecule has 1 N–H and O–H groups in total. The van der Waals surface area contributed by atoms with Gasteiger partial charge in [-0.2, -0.15) is 0 Å². The van der Waals surface area contributed by atoms with Gasteiger partial charge in [0.25, 0.3) is 0 Å². The van der Waals surface area contributed by atoms with E-state index >= 15 is 0 Å². The van der Waals surface area contributed by atoms with Gasteiger partial charge in [0.2, 0.25) is 0 Å². The lowest BCUT2D eigenvalue weighted by Crippen LogP contribution is -2.19. The number of rotatable bonds is 7. The molecule has 1 saturated carbocycles. The molecule has 0 saturated heterocycles. The van der Waals surface area contributed by atoms with Crippen molar-refractivity contribution in [3.63, 3.8) is 0 Å². The van der Waals surface area contributed by atoms with Crippen LogP contribution < -0.4 is 5.32 Å². The quantitative estimate of drug-likeness (QED) is 0.467. The molecule has 5 heteroatoms. The minimum Gasteiger partial charge on any atom is -0.314 e. The van der Waals surface area contributed by atoms with Crippen LogP contribution in [0.25, 0.3) is 0 Å². The Morgan fingerprint density at radius 1 is 1.10 bits per heavy atom. The first-order valence-electron chi connectivity index (χ1n) is 7.04. The second kappa shape index (κ2) is 7.56. The molecule has 1 atom stereocenters. The number of hydrogen-bond donors (Lipinski definition) is 1. The molecule has 1 fully saturated rings. The second-order valence-corrected chi connectivity index (χ2v) is 7.18. The van der Waals surface area contributed by atoms with Crippen LogP contribution >= 0.6 is 46.4 Å². The van der Waals surface area contributed by atoms with E-state index in [4.69, 9.17) is 46.4 Å². The molecule has 0 heterocycles. The lowest BCUT2D eigenvalue weighted by Gasteiger charge is -2.14. The Morgan fingerprint density at radius 3 is 2.45 bits per heavy atom. The van der Waals surface area contributed by atoms with Crippen LogP contribution in [0.15, 0.2) is 6.07 Å². The smallest absolute Gasteiger partial charge is 0.0782 e. The van der Waals surface area contributed by atoms with E-state index < -0.39 is 0 Å². The third-order valence-electron chi connectivity index (χ3n) is 3.74. The Morgan fingerprint density at radius 2 is 1.80 bits per heavy atom. The summed E-state index contributed by atoms with van der Waals surface area (Å²) in [6.45, 7) is 3.35. The molecule has 0 aliphatic heterocycles. The highest BCUT2D eigenvalue weighted by atomic mass is 35.5. The second-order valence-electron chi connectivity index (χ2n) is 5.61. The normalized spacial score (nSPS) is 16.4. The third kappa shape index (κ3) is 4.68. The van der Waals surface area contributed by atoms with E-state index in [1.165, 1.54) is 19.3 Å². The topological polar surface area (TPSA) is 12.0 Å². The molecule has 0 radical (unpaired) electrons. The molecule has 0 amide bonds. The van der Waals surface area contributed by atoms with Gasteiger partial charge in [0.05, 0.1) is 15.1 Å². The molecule has 1 aliphatic rings. The molecule has 1 aromatic carbocycles. The Labute approximate surface area is 140 Å². The molecule has 0 spiro atoms. The van der Waals surface area contributed by atoms with Gasteiger partial charge in [-0.25, -0.2) is 0 Å². The first kappa shape index (κ1) is 16.7. The van der Waals surface area contributed by atoms with Gasteiger partial charge in [0, 0.05) is 11.1 Å². The average Bonchev–Trinajstić information content (AvgIpc) is 3.20. The Hall–Kier alpha value is 0.340. The third-order valence-corrected chi connectivity index (χ3v) is 5.38. The van der Waals surface area contributed by atoms with Gasteiger partial charge in [-0.3, -0.25) is 0 Å². The highest BCUT2D eigenvalue weighted by Gasteiger charge is 2.20. The van der Waals surface area contributed by atoms with E-state index in [0.717, 1.165) is 31.0 Å². The predicted octanol–water partition coefficient (Wildman–Crippen LogP) is 6.01. The standard InChI is InChI=1S/C15H19Cl4N/c1-9(6-7-20-10-3-4-10)2-5-11-12(16)8-13(17)15(19)14(11)18/h8-10,20H,2-7H2,1H3. The van der Waals surface area contributed by atoms with Gasteiger partial charge in [-0.1, -0.05) is 53.3 Å². The van der Waals surface area contributed by atoms with E-state index in [1.807, 2.05) is 0 Å². The molecule has 1 aliphatic carbocycles. The van der Waals surface area contributed by atoms with Crippen LogP contribution in [0.1, 0.15) is 38.2 Å². The SMILES string of the molecule is CC(CCNC1CC1)CCc1c(Cl)cc(Cl)c(Cl)c1Cl. The minimum absolute atomic E-state index is 0.399. The summed E-state index contributed by atoms with van der Waals surface area (Å²) < 4.78 is 0. The molecule has 2 rings (SSSR count). The number of hydrogen-bond acceptors (Lipinski definition) is 1. The first-order chi connectivity index (χ1) is 9.49. The average molecular weight is 355 g/mol. The van der Waals surface area contributed by atoms with Crippen molar-refractivity contribution < 1.29 is 0 Å². The molecular weight excluding hydrogens is 336 g/mol. The van der Waals surface area contributed by atoms with Gasteiger partial charge >= 0.3 is 0 Å². The van der Waals surface area contributed by atoms with Crippen LogP contribution in [0.3, 0.4) is 0 Å². The largest absolute Gasteiger partial charge is 0.314 e. The van der Waals surface area contributed by atoms with Gasteiger partial charge in [0.1, 0.15) is 0 Å². The van der Waals surface area contributed by atoms with Crippen molar-refractivity contribution in [3.8, 4) is 0 Å². The molecular formula is C15H19Cl4N. The zero-order valence-corrected chi connectivity index (χ0v) is 14.5. The lowest BCUT2D eigenvalue weighted by atomic mass is 9.98. The number of halogens is 4. The molecule has 0 aromatic heterocycles. The molecule has 1 unspecified atom stereocenters.